The predicted octanol–water partition coefficient (Wildman–Crippen LogP) is 4.81. The molecule has 1 fully saturated rings. The molecule has 0 spiro atoms. The average molecular weight is 490 g/mol. The second-order valence-corrected chi connectivity index (χ2v) is 15.7. The number of hydrogen-bond donors (Lipinski definition) is 1. The van der Waals surface area contributed by atoms with Crippen LogP contribution in [0.25, 0.3) is 28.1 Å². The lowest BCUT2D eigenvalue weighted by Gasteiger charge is -2.41. The largest absolute Gasteiger partial charge is 0.414 e. The lowest BCUT2D eigenvalue weighted by molar-refractivity contribution is 0.118. The highest BCUT2D eigenvalue weighted by molar-refractivity contribution is 6.74. The molecular formula is C25H31N7O2Si. The van der Waals surface area contributed by atoms with E-state index in [-0.39, 0.29) is 22.9 Å². The van der Waals surface area contributed by atoms with Crippen molar-refractivity contribution in [3.8, 4) is 17.5 Å². The Morgan fingerprint density at radius 2 is 1.94 bits per heavy atom. The highest BCUT2D eigenvalue weighted by Crippen LogP contribution is 2.40. The van der Waals surface area contributed by atoms with Crippen molar-refractivity contribution in [2.45, 2.75) is 76.7 Å². The molecule has 10 heteroatoms. The summed E-state index contributed by atoms with van der Waals surface area (Å²) in [6.45, 7) is 11.4. The van der Waals surface area contributed by atoms with E-state index in [4.69, 9.17) is 9.41 Å². The van der Waals surface area contributed by atoms with Crippen molar-refractivity contribution in [2.75, 3.05) is 0 Å². The Morgan fingerprint density at radius 3 is 2.63 bits per heavy atom. The van der Waals surface area contributed by atoms with Gasteiger partial charge in [-0.05, 0) is 55.9 Å². The second kappa shape index (κ2) is 8.43. The molecule has 0 radical (unpaired) electrons. The molecule has 35 heavy (non-hydrogen) atoms. The Bertz CT molecular complexity index is 1490. The topological polar surface area (TPSA) is 114 Å². The molecule has 182 valence electrons. The van der Waals surface area contributed by atoms with Gasteiger partial charge in [0.2, 0.25) is 0 Å². The number of hydrogen-bond acceptors (Lipinski definition) is 6. The van der Waals surface area contributed by atoms with Crippen LogP contribution < -0.4 is 5.69 Å². The van der Waals surface area contributed by atoms with E-state index >= 15 is 0 Å². The standard InChI is InChI=1S/C25H31N7O2Si/c1-25(2,3)35(4,5)34-18-8-6-17(7-9-18)32-23-20(29-24(32)33)15-27-22(30-23)19-14-28-31-11-10-16(13-26)12-21(19)31/h10-12,14-15,17-18H,6-9H2,1-5H3,(H,29,33). The van der Waals surface area contributed by atoms with Gasteiger partial charge in [0.15, 0.2) is 19.8 Å². The zero-order valence-electron chi connectivity index (χ0n) is 20.9. The van der Waals surface area contributed by atoms with Crippen LogP contribution in [-0.2, 0) is 4.43 Å². The van der Waals surface area contributed by atoms with E-state index < -0.39 is 8.32 Å². The third-order valence-electron chi connectivity index (χ3n) is 7.63. The first-order valence-corrected chi connectivity index (χ1v) is 15.0. The molecule has 4 heterocycles. The van der Waals surface area contributed by atoms with Gasteiger partial charge in [0, 0.05) is 18.3 Å². The second-order valence-electron chi connectivity index (χ2n) is 11.0. The summed E-state index contributed by atoms with van der Waals surface area (Å²) in [5, 5.41) is 13.8. The van der Waals surface area contributed by atoms with Crippen molar-refractivity contribution in [3.05, 3.63) is 46.8 Å². The lowest BCUT2D eigenvalue weighted by atomic mass is 9.93. The van der Waals surface area contributed by atoms with Crippen molar-refractivity contribution in [3.63, 3.8) is 0 Å². The number of H-pyrrole nitrogens is 1. The molecular weight excluding hydrogens is 458 g/mol. The summed E-state index contributed by atoms with van der Waals surface area (Å²) in [5.41, 5.74) is 3.06. The van der Waals surface area contributed by atoms with Crippen LogP contribution in [0.5, 0.6) is 0 Å². The molecule has 1 N–H and O–H groups in total. The van der Waals surface area contributed by atoms with E-state index in [0.29, 0.717) is 22.6 Å². The van der Waals surface area contributed by atoms with Crippen LogP contribution in [0, 0.1) is 11.3 Å². The fraction of sp³-hybridized carbons (Fsp3) is 0.480. The van der Waals surface area contributed by atoms with Gasteiger partial charge in [0.1, 0.15) is 5.52 Å². The molecule has 1 saturated carbocycles. The first-order chi connectivity index (χ1) is 16.6. The van der Waals surface area contributed by atoms with Crippen LogP contribution in [0.1, 0.15) is 58.1 Å². The summed E-state index contributed by atoms with van der Waals surface area (Å²) in [5.74, 6) is 0.477. The molecule has 0 unspecified atom stereocenters. The van der Waals surface area contributed by atoms with E-state index in [1.807, 2.05) is 0 Å². The number of imidazole rings is 1. The zero-order valence-corrected chi connectivity index (χ0v) is 21.9. The molecule has 0 aromatic carbocycles. The maximum atomic E-state index is 12.9. The lowest BCUT2D eigenvalue weighted by Crippen LogP contribution is -2.45. The summed E-state index contributed by atoms with van der Waals surface area (Å²) in [6.07, 6.45) is 8.92. The Kier molecular flexibility index (Phi) is 5.65. The summed E-state index contributed by atoms with van der Waals surface area (Å²) >= 11 is 0. The minimum Gasteiger partial charge on any atom is -0.414 e. The SMILES string of the molecule is CC(C)(C)[Si](C)(C)OC1CCC(n2c(=O)[nH]c3cnc(-c4cnn5ccc(C#N)cc45)nc32)CC1. The zero-order chi connectivity index (χ0) is 25.0. The first-order valence-electron chi connectivity index (χ1n) is 12.1. The van der Waals surface area contributed by atoms with Gasteiger partial charge in [-0.3, -0.25) is 4.57 Å². The number of nitrogens with one attached hydrogen (secondary N) is 1. The molecule has 1 aliphatic rings. The van der Waals surface area contributed by atoms with Crippen molar-refractivity contribution >= 4 is 25.0 Å². The van der Waals surface area contributed by atoms with E-state index in [2.05, 4.69) is 55.0 Å². The van der Waals surface area contributed by atoms with Gasteiger partial charge in [-0.25, -0.2) is 19.3 Å². The summed E-state index contributed by atoms with van der Waals surface area (Å²) in [6, 6.07) is 5.70. The van der Waals surface area contributed by atoms with Gasteiger partial charge in [-0.15, -0.1) is 0 Å². The quantitative estimate of drug-likeness (QED) is 0.411. The van der Waals surface area contributed by atoms with Gasteiger partial charge in [0.25, 0.3) is 0 Å². The number of aromatic nitrogens is 6. The van der Waals surface area contributed by atoms with Gasteiger partial charge in [-0.1, -0.05) is 20.8 Å². The summed E-state index contributed by atoms with van der Waals surface area (Å²) < 4.78 is 10.1. The number of aromatic amines is 1. The first kappa shape index (κ1) is 23.4. The summed E-state index contributed by atoms with van der Waals surface area (Å²) in [4.78, 5) is 25.1. The van der Waals surface area contributed by atoms with E-state index in [1.54, 1.807) is 39.8 Å². The fourth-order valence-corrected chi connectivity index (χ4v) is 6.04. The fourth-order valence-electron chi connectivity index (χ4n) is 4.62. The molecule has 4 aromatic heterocycles. The maximum Gasteiger partial charge on any atom is 0.327 e. The van der Waals surface area contributed by atoms with E-state index in [1.165, 1.54) is 0 Å². The highest BCUT2D eigenvalue weighted by atomic mass is 28.4. The summed E-state index contributed by atoms with van der Waals surface area (Å²) in [7, 11) is -1.83. The van der Waals surface area contributed by atoms with Crippen molar-refractivity contribution < 1.29 is 4.43 Å². The Morgan fingerprint density at radius 1 is 1.20 bits per heavy atom. The molecule has 4 aromatic rings. The highest BCUT2D eigenvalue weighted by Gasteiger charge is 2.40. The van der Waals surface area contributed by atoms with Crippen molar-refractivity contribution in [1.82, 2.24) is 29.1 Å². The van der Waals surface area contributed by atoms with Crippen LogP contribution in [0.4, 0.5) is 0 Å². The predicted molar refractivity (Wildman–Crippen MR) is 137 cm³/mol. The third kappa shape index (κ3) is 4.19. The molecule has 0 amide bonds. The van der Waals surface area contributed by atoms with E-state index in [9.17, 15) is 10.1 Å². The normalized spacial score (nSPS) is 19.3. The molecule has 5 rings (SSSR count). The van der Waals surface area contributed by atoms with Gasteiger partial charge < -0.3 is 9.41 Å². The molecule has 0 aliphatic heterocycles. The molecule has 1 aliphatic carbocycles. The number of fused-ring (bicyclic) bond motifs is 2. The number of nitrogens with zero attached hydrogens (tertiary/aromatic N) is 6. The Balaban J connectivity index is 1.44. The van der Waals surface area contributed by atoms with Crippen LogP contribution in [0.3, 0.4) is 0 Å². The minimum absolute atomic E-state index is 0.0624. The number of rotatable bonds is 4. The minimum atomic E-state index is -1.83. The third-order valence-corrected chi connectivity index (χ3v) is 12.2. The number of pyridine rings is 1. The van der Waals surface area contributed by atoms with Gasteiger partial charge in [-0.2, -0.15) is 10.4 Å². The maximum absolute atomic E-state index is 12.9. The van der Waals surface area contributed by atoms with Crippen molar-refractivity contribution in [1.29, 1.82) is 5.26 Å². The van der Waals surface area contributed by atoms with Crippen molar-refractivity contribution in [2.24, 2.45) is 0 Å². The van der Waals surface area contributed by atoms with Crippen LogP contribution >= 0.6 is 0 Å². The number of nitriles is 1. The van der Waals surface area contributed by atoms with Crippen LogP contribution in [0.2, 0.25) is 18.1 Å². The molecule has 0 atom stereocenters. The smallest absolute Gasteiger partial charge is 0.327 e. The monoisotopic (exact) mass is 489 g/mol. The van der Waals surface area contributed by atoms with Crippen LogP contribution in [0.15, 0.2) is 35.5 Å². The van der Waals surface area contributed by atoms with Gasteiger partial charge >= 0.3 is 5.69 Å². The van der Waals surface area contributed by atoms with E-state index in [0.717, 1.165) is 36.8 Å². The molecule has 0 saturated heterocycles. The average Bonchev–Trinajstić information content (AvgIpc) is 3.37. The molecule has 0 bridgehead atoms. The van der Waals surface area contributed by atoms with Gasteiger partial charge in [0.05, 0.1) is 35.1 Å². The Labute approximate surface area is 204 Å². The molecule has 9 nitrogen and oxygen atoms in total. The van der Waals surface area contributed by atoms with Crippen LogP contribution in [-0.4, -0.2) is 43.6 Å². The Hall–Kier alpha value is -3.29.